The number of carbonyl (C=O) groups is 2. The standard InChI is InChI=1S/C21H22N2O6S/c1-14(30-18-8-5-16(6-9-18)23(26)27)21(25)29-13-20(24)22-11-3-4-15-12-17(28-2)7-10-19(15)22/h5-10,12,14H,3-4,11,13H2,1-2H3. The number of anilines is 1. The minimum absolute atomic E-state index is 0.0143. The molecule has 0 aromatic heterocycles. The van der Waals surface area contributed by atoms with Crippen molar-refractivity contribution in [3.63, 3.8) is 0 Å². The van der Waals surface area contributed by atoms with Crippen LogP contribution in [0.3, 0.4) is 0 Å². The number of ether oxygens (including phenoxy) is 2. The van der Waals surface area contributed by atoms with Crippen molar-refractivity contribution in [1.82, 2.24) is 0 Å². The van der Waals surface area contributed by atoms with Crippen LogP contribution in [0.4, 0.5) is 11.4 Å². The number of nitro benzene ring substituents is 1. The molecule has 0 fully saturated rings. The fourth-order valence-corrected chi connectivity index (χ4v) is 4.05. The fraction of sp³-hybridized carbons (Fsp3) is 0.333. The van der Waals surface area contributed by atoms with Gasteiger partial charge in [-0.2, -0.15) is 0 Å². The number of benzene rings is 2. The second-order valence-corrected chi connectivity index (χ2v) is 8.18. The molecular weight excluding hydrogens is 408 g/mol. The lowest BCUT2D eigenvalue weighted by molar-refractivity contribution is -0.384. The van der Waals surface area contributed by atoms with Crippen LogP contribution in [0.5, 0.6) is 5.75 Å². The summed E-state index contributed by atoms with van der Waals surface area (Å²) in [6.07, 6.45) is 1.69. The van der Waals surface area contributed by atoms with Crippen LogP contribution in [0.15, 0.2) is 47.4 Å². The first-order chi connectivity index (χ1) is 14.4. The number of hydrogen-bond donors (Lipinski definition) is 0. The first-order valence-corrected chi connectivity index (χ1v) is 10.3. The van der Waals surface area contributed by atoms with Gasteiger partial charge in [-0.25, -0.2) is 0 Å². The number of thioether (sulfide) groups is 1. The Hall–Kier alpha value is -3.07. The van der Waals surface area contributed by atoms with E-state index >= 15 is 0 Å². The van der Waals surface area contributed by atoms with Gasteiger partial charge < -0.3 is 14.4 Å². The third-order valence-corrected chi connectivity index (χ3v) is 5.83. The van der Waals surface area contributed by atoms with E-state index in [-0.39, 0.29) is 18.2 Å². The minimum Gasteiger partial charge on any atom is -0.497 e. The highest BCUT2D eigenvalue weighted by Crippen LogP contribution is 2.31. The Morgan fingerprint density at radius 2 is 1.97 bits per heavy atom. The van der Waals surface area contributed by atoms with Gasteiger partial charge in [-0.15, -0.1) is 11.8 Å². The molecule has 0 N–H and O–H groups in total. The number of hydrogen-bond acceptors (Lipinski definition) is 7. The summed E-state index contributed by atoms with van der Waals surface area (Å²) in [6.45, 7) is 1.90. The molecule has 0 spiro atoms. The zero-order valence-corrected chi connectivity index (χ0v) is 17.5. The number of amides is 1. The van der Waals surface area contributed by atoms with E-state index in [0.29, 0.717) is 11.4 Å². The Morgan fingerprint density at radius 1 is 1.23 bits per heavy atom. The summed E-state index contributed by atoms with van der Waals surface area (Å²) in [6, 6.07) is 11.5. The van der Waals surface area contributed by atoms with Crippen LogP contribution in [-0.4, -0.2) is 42.3 Å². The SMILES string of the molecule is COc1ccc2c(c1)CCCN2C(=O)COC(=O)C(C)Sc1ccc([N+](=O)[O-])cc1. The topological polar surface area (TPSA) is 99.0 Å². The van der Waals surface area contributed by atoms with Gasteiger partial charge in [-0.1, -0.05) is 0 Å². The number of fused-ring (bicyclic) bond motifs is 1. The second-order valence-electron chi connectivity index (χ2n) is 6.76. The molecule has 0 radical (unpaired) electrons. The molecule has 1 heterocycles. The number of methoxy groups -OCH3 is 1. The number of rotatable bonds is 7. The number of aryl methyl sites for hydroxylation is 1. The molecule has 30 heavy (non-hydrogen) atoms. The Labute approximate surface area is 178 Å². The van der Waals surface area contributed by atoms with Crippen molar-refractivity contribution in [1.29, 1.82) is 0 Å². The van der Waals surface area contributed by atoms with Crippen LogP contribution in [0, 0.1) is 10.1 Å². The minimum atomic E-state index is -0.558. The van der Waals surface area contributed by atoms with Crippen molar-refractivity contribution in [2.75, 3.05) is 25.2 Å². The lowest BCUT2D eigenvalue weighted by atomic mass is 10.0. The number of esters is 1. The predicted molar refractivity (Wildman–Crippen MR) is 113 cm³/mol. The van der Waals surface area contributed by atoms with Gasteiger partial charge in [-0.05, 0) is 55.7 Å². The number of carbonyl (C=O) groups excluding carboxylic acids is 2. The second kappa shape index (κ2) is 9.62. The van der Waals surface area contributed by atoms with E-state index in [9.17, 15) is 19.7 Å². The molecule has 1 unspecified atom stereocenters. The van der Waals surface area contributed by atoms with Gasteiger partial charge in [-0.3, -0.25) is 19.7 Å². The highest BCUT2D eigenvalue weighted by molar-refractivity contribution is 8.00. The lowest BCUT2D eigenvalue weighted by Gasteiger charge is -2.29. The highest BCUT2D eigenvalue weighted by Gasteiger charge is 2.25. The average Bonchev–Trinajstić information content (AvgIpc) is 2.76. The van der Waals surface area contributed by atoms with Crippen molar-refractivity contribution in [3.05, 3.63) is 58.1 Å². The van der Waals surface area contributed by atoms with Crippen molar-refractivity contribution >= 4 is 35.0 Å². The normalized spacial score (nSPS) is 13.9. The summed E-state index contributed by atoms with van der Waals surface area (Å²) in [7, 11) is 1.60. The summed E-state index contributed by atoms with van der Waals surface area (Å²) in [5.41, 5.74) is 1.83. The van der Waals surface area contributed by atoms with Gasteiger partial charge in [0.1, 0.15) is 11.0 Å². The van der Waals surface area contributed by atoms with Crippen LogP contribution < -0.4 is 9.64 Å². The molecular formula is C21H22N2O6S. The van der Waals surface area contributed by atoms with Crippen molar-refractivity contribution < 1.29 is 24.0 Å². The molecule has 8 nitrogen and oxygen atoms in total. The zero-order chi connectivity index (χ0) is 21.7. The maximum atomic E-state index is 12.6. The summed E-state index contributed by atoms with van der Waals surface area (Å²) in [5.74, 6) is -0.0489. The maximum Gasteiger partial charge on any atom is 0.319 e. The van der Waals surface area contributed by atoms with Crippen molar-refractivity contribution in [2.24, 2.45) is 0 Å². The molecule has 158 valence electrons. The fourth-order valence-electron chi connectivity index (χ4n) is 3.19. The molecule has 1 amide bonds. The Balaban J connectivity index is 1.55. The van der Waals surface area contributed by atoms with Gasteiger partial charge in [0, 0.05) is 29.3 Å². The van der Waals surface area contributed by atoms with Gasteiger partial charge in [0.15, 0.2) is 6.61 Å². The summed E-state index contributed by atoms with van der Waals surface area (Å²) in [5, 5.41) is 10.2. The zero-order valence-electron chi connectivity index (χ0n) is 16.7. The monoisotopic (exact) mass is 430 g/mol. The molecule has 1 atom stereocenters. The highest BCUT2D eigenvalue weighted by atomic mass is 32.2. The van der Waals surface area contributed by atoms with Gasteiger partial charge in [0.25, 0.3) is 11.6 Å². The molecule has 2 aromatic rings. The Bertz CT molecular complexity index is 947. The molecule has 1 aliphatic heterocycles. The van der Waals surface area contributed by atoms with E-state index in [1.165, 1.54) is 23.9 Å². The summed E-state index contributed by atoms with van der Waals surface area (Å²) in [4.78, 5) is 37.5. The lowest BCUT2D eigenvalue weighted by Crippen LogP contribution is -2.39. The van der Waals surface area contributed by atoms with E-state index in [1.807, 2.05) is 12.1 Å². The Kier molecular flexibility index (Phi) is 6.94. The molecule has 3 rings (SSSR count). The molecule has 9 heteroatoms. The van der Waals surface area contributed by atoms with Gasteiger partial charge >= 0.3 is 5.97 Å². The van der Waals surface area contributed by atoms with Gasteiger partial charge in [0.05, 0.1) is 12.0 Å². The Morgan fingerprint density at radius 3 is 2.63 bits per heavy atom. The molecule has 0 aliphatic carbocycles. The predicted octanol–water partition coefficient (Wildman–Crippen LogP) is 3.61. The first kappa shape index (κ1) is 21.6. The van der Waals surface area contributed by atoms with Crippen LogP contribution in [0.1, 0.15) is 18.9 Å². The first-order valence-electron chi connectivity index (χ1n) is 9.44. The largest absolute Gasteiger partial charge is 0.497 e. The number of nitro groups is 1. The van der Waals surface area contributed by atoms with E-state index < -0.39 is 16.1 Å². The van der Waals surface area contributed by atoms with Crippen LogP contribution in [0.2, 0.25) is 0 Å². The smallest absolute Gasteiger partial charge is 0.319 e. The van der Waals surface area contributed by atoms with Gasteiger partial charge in [0.2, 0.25) is 0 Å². The average molecular weight is 430 g/mol. The third kappa shape index (κ3) is 5.10. The molecule has 0 bridgehead atoms. The quantitative estimate of drug-likeness (QED) is 0.286. The van der Waals surface area contributed by atoms with Crippen molar-refractivity contribution in [2.45, 2.75) is 29.9 Å². The van der Waals surface area contributed by atoms with E-state index in [4.69, 9.17) is 9.47 Å². The molecule has 2 aromatic carbocycles. The maximum absolute atomic E-state index is 12.6. The van der Waals surface area contributed by atoms with Crippen LogP contribution in [-0.2, 0) is 20.7 Å². The summed E-state index contributed by atoms with van der Waals surface area (Å²) >= 11 is 1.22. The molecule has 1 aliphatic rings. The van der Waals surface area contributed by atoms with E-state index in [2.05, 4.69) is 0 Å². The number of nitrogens with zero attached hydrogens (tertiary/aromatic N) is 2. The van der Waals surface area contributed by atoms with E-state index in [1.54, 1.807) is 37.1 Å². The van der Waals surface area contributed by atoms with Crippen LogP contribution >= 0.6 is 11.8 Å². The molecule has 0 saturated carbocycles. The van der Waals surface area contributed by atoms with E-state index in [0.717, 1.165) is 29.8 Å². The van der Waals surface area contributed by atoms with Crippen LogP contribution in [0.25, 0.3) is 0 Å². The third-order valence-electron chi connectivity index (χ3n) is 4.74. The summed E-state index contributed by atoms with van der Waals surface area (Å²) < 4.78 is 10.5. The van der Waals surface area contributed by atoms with Crippen molar-refractivity contribution in [3.8, 4) is 5.75 Å². The number of non-ortho nitro benzene ring substituents is 1. The molecule has 0 saturated heterocycles.